The van der Waals surface area contributed by atoms with Crippen LogP contribution in [0.4, 0.5) is 13.6 Å². The van der Waals surface area contributed by atoms with Crippen molar-refractivity contribution in [2.75, 3.05) is 20.7 Å². The van der Waals surface area contributed by atoms with Crippen LogP contribution in [-0.2, 0) is 27.2 Å². The van der Waals surface area contributed by atoms with E-state index < -0.39 is 41.4 Å². The Hall–Kier alpha value is -3.20. The minimum Gasteiger partial charge on any atom is -0.488 e. The summed E-state index contributed by atoms with van der Waals surface area (Å²) in [4.78, 5) is 26.4. The molecule has 0 bridgehead atoms. The summed E-state index contributed by atoms with van der Waals surface area (Å²) < 4.78 is 45.9. The maximum atomic E-state index is 14.9. The topological polar surface area (TPSA) is 77.1 Å². The second-order valence-electron chi connectivity index (χ2n) is 12.2. The first kappa shape index (κ1) is 30.8. The van der Waals surface area contributed by atoms with Gasteiger partial charge in [-0.15, -0.1) is 0 Å². The third kappa shape index (κ3) is 7.76. The van der Waals surface area contributed by atoms with E-state index in [0.29, 0.717) is 12.3 Å². The number of amides is 1. The van der Waals surface area contributed by atoms with Crippen LogP contribution in [0.1, 0.15) is 75.5 Å². The van der Waals surface area contributed by atoms with Gasteiger partial charge in [-0.05, 0) is 94.5 Å². The van der Waals surface area contributed by atoms with E-state index in [1.165, 1.54) is 23.1 Å². The Kier molecular flexibility index (Phi) is 9.89. The molecule has 0 unspecified atom stereocenters. The molecule has 1 heterocycles. The first-order valence-electron chi connectivity index (χ1n) is 14.4. The maximum absolute atomic E-state index is 14.9. The molecule has 1 aliphatic heterocycles. The van der Waals surface area contributed by atoms with Crippen molar-refractivity contribution in [3.05, 3.63) is 64.7 Å². The Bertz CT molecular complexity index is 1220. The average molecular weight is 573 g/mol. The maximum Gasteiger partial charge on any atom is 0.411 e. The second-order valence-corrected chi connectivity index (χ2v) is 12.2. The van der Waals surface area contributed by atoms with Gasteiger partial charge >= 0.3 is 12.1 Å². The Morgan fingerprint density at radius 2 is 1.76 bits per heavy atom. The van der Waals surface area contributed by atoms with Crippen LogP contribution >= 0.6 is 0 Å². The fourth-order valence-corrected chi connectivity index (χ4v) is 6.06. The monoisotopic (exact) mass is 572 g/mol. The van der Waals surface area contributed by atoms with Crippen molar-refractivity contribution in [2.45, 2.75) is 89.5 Å². The van der Waals surface area contributed by atoms with Crippen LogP contribution in [-0.4, -0.2) is 55.4 Å². The summed E-state index contributed by atoms with van der Waals surface area (Å²) in [7, 11) is 3.19. The molecule has 0 aromatic heterocycles. The van der Waals surface area contributed by atoms with Gasteiger partial charge in [0.1, 0.15) is 23.5 Å². The Morgan fingerprint density at radius 1 is 1.05 bits per heavy atom. The number of carbonyl (C=O) groups excluding carboxylic acids is 2. The van der Waals surface area contributed by atoms with Gasteiger partial charge in [-0.3, -0.25) is 4.90 Å². The molecule has 2 atom stereocenters. The lowest BCUT2D eigenvalue weighted by atomic mass is 9.75. The number of benzene rings is 2. The first-order valence-corrected chi connectivity index (χ1v) is 14.4. The lowest BCUT2D eigenvalue weighted by Gasteiger charge is -2.30. The molecule has 224 valence electrons. The number of halogens is 2. The number of hydrogen-bond donors (Lipinski definition) is 1. The van der Waals surface area contributed by atoms with E-state index in [9.17, 15) is 18.4 Å². The number of ether oxygens (including phenoxy) is 3. The molecule has 0 spiro atoms. The van der Waals surface area contributed by atoms with Crippen LogP contribution in [0.25, 0.3) is 0 Å². The molecule has 1 amide bonds. The van der Waals surface area contributed by atoms with Crippen LogP contribution in [0.15, 0.2) is 36.4 Å². The summed E-state index contributed by atoms with van der Waals surface area (Å²) in [5, 5.41) is 3.24. The van der Waals surface area contributed by atoms with Crippen LogP contribution in [0.3, 0.4) is 0 Å². The van der Waals surface area contributed by atoms with Crippen LogP contribution < -0.4 is 10.1 Å². The largest absolute Gasteiger partial charge is 0.488 e. The highest BCUT2D eigenvalue weighted by Gasteiger charge is 2.43. The van der Waals surface area contributed by atoms with E-state index in [1.807, 2.05) is 7.05 Å². The third-order valence-electron chi connectivity index (χ3n) is 7.96. The average Bonchev–Trinajstić information content (AvgIpc) is 3.35. The number of carbonyl (C=O) groups is 2. The lowest BCUT2D eigenvalue weighted by molar-refractivity contribution is -0.145. The summed E-state index contributed by atoms with van der Waals surface area (Å²) in [6.45, 7) is 6.09. The molecular formula is C32H42F2N2O5. The van der Waals surface area contributed by atoms with Gasteiger partial charge in [-0.2, -0.15) is 0 Å². The molecule has 2 aliphatic rings. The van der Waals surface area contributed by atoms with Crippen molar-refractivity contribution in [3.8, 4) is 5.75 Å². The molecule has 9 heteroatoms. The smallest absolute Gasteiger partial charge is 0.411 e. The third-order valence-corrected chi connectivity index (χ3v) is 7.96. The quantitative estimate of drug-likeness (QED) is 0.384. The number of methoxy groups -OCH3 is 1. The molecule has 4 rings (SSSR count). The number of rotatable bonds is 8. The van der Waals surface area contributed by atoms with E-state index in [0.717, 1.165) is 38.3 Å². The van der Waals surface area contributed by atoms with E-state index in [4.69, 9.17) is 14.2 Å². The summed E-state index contributed by atoms with van der Waals surface area (Å²) in [6, 6.07) is 10.2. The zero-order valence-electron chi connectivity index (χ0n) is 24.7. The van der Waals surface area contributed by atoms with Crippen molar-refractivity contribution in [3.63, 3.8) is 0 Å². The number of hydrogen-bond acceptors (Lipinski definition) is 6. The summed E-state index contributed by atoms with van der Waals surface area (Å²) >= 11 is 0. The van der Waals surface area contributed by atoms with Crippen molar-refractivity contribution >= 4 is 12.1 Å². The summed E-state index contributed by atoms with van der Waals surface area (Å²) in [6.07, 6.45) is 3.17. The molecule has 1 N–H and O–H groups in total. The predicted octanol–water partition coefficient (Wildman–Crippen LogP) is 6.13. The van der Waals surface area contributed by atoms with Crippen LogP contribution in [0.2, 0.25) is 0 Å². The number of likely N-dealkylation sites (tertiary alicyclic amines) is 1. The Morgan fingerprint density at radius 3 is 2.41 bits per heavy atom. The molecule has 1 saturated carbocycles. The Labute approximate surface area is 241 Å². The molecule has 2 aromatic carbocycles. The fourth-order valence-electron chi connectivity index (χ4n) is 6.06. The van der Waals surface area contributed by atoms with E-state index in [-0.39, 0.29) is 30.2 Å². The molecule has 0 radical (unpaired) electrons. The van der Waals surface area contributed by atoms with Gasteiger partial charge in [0.05, 0.1) is 13.7 Å². The second kappa shape index (κ2) is 13.2. The normalized spacial score (nSPS) is 22.9. The van der Waals surface area contributed by atoms with E-state index in [2.05, 4.69) is 29.6 Å². The molecule has 1 aliphatic carbocycles. The molecule has 1 saturated heterocycles. The van der Waals surface area contributed by atoms with Crippen molar-refractivity contribution < 1.29 is 32.6 Å². The fraction of sp³-hybridized carbons (Fsp3) is 0.562. The van der Waals surface area contributed by atoms with Gasteiger partial charge in [0.25, 0.3) is 0 Å². The summed E-state index contributed by atoms with van der Waals surface area (Å²) in [5.74, 6) is -1.54. The van der Waals surface area contributed by atoms with Gasteiger partial charge in [-0.25, -0.2) is 18.4 Å². The highest BCUT2D eigenvalue weighted by Crippen LogP contribution is 2.39. The van der Waals surface area contributed by atoms with E-state index in [1.54, 1.807) is 26.8 Å². The minimum atomic E-state index is -0.973. The van der Waals surface area contributed by atoms with Crippen molar-refractivity contribution in [2.24, 2.45) is 5.92 Å². The zero-order valence-corrected chi connectivity index (χ0v) is 24.7. The standard InChI is InChI=1S/C32H42F2N2O5/c1-32(2,3)41-31(38)36-19-25(17-28(36)30(37)39-5)40-24-15-23(29(34)27(33)16-24)14-20-10-12-21(13-11-20)26-9-7-6-8-22(26)18-35-4/h6-9,15-16,20-21,25,28,35H,10-14,17-19H2,1-5H3/t20?,21?,25-,28-/m0/s1. The highest BCUT2D eigenvalue weighted by atomic mass is 19.2. The molecule has 41 heavy (non-hydrogen) atoms. The lowest BCUT2D eigenvalue weighted by Crippen LogP contribution is -2.44. The highest BCUT2D eigenvalue weighted by molar-refractivity contribution is 5.82. The number of nitrogens with one attached hydrogen (secondary N) is 1. The van der Waals surface area contributed by atoms with Crippen LogP contribution in [0, 0.1) is 17.6 Å². The van der Waals surface area contributed by atoms with Crippen molar-refractivity contribution in [1.29, 1.82) is 0 Å². The van der Waals surface area contributed by atoms with Gasteiger partial charge in [0.2, 0.25) is 0 Å². The SMILES string of the molecule is CNCc1ccccc1C1CCC(Cc2cc(O[C@H]3C[C@@H](C(=O)OC)N(C(=O)OC(C)(C)C)C3)cc(F)c2F)CC1. The van der Waals surface area contributed by atoms with Crippen molar-refractivity contribution in [1.82, 2.24) is 10.2 Å². The molecule has 7 nitrogen and oxygen atoms in total. The predicted molar refractivity (Wildman–Crippen MR) is 152 cm³/mol. The number of esters is 1. The number of nitrogens with zero attached hydrogens (tertiary/aromatic N) is 1. The van der Waals surface area contributed by atoms with E-state index >= 15 is 0 Å². The summed E-state index contributed by atoms with van der Waals surface area (Å²) in [5.41, 5.74) is 2.21. The molecular weight excluding hydrogens is 530 g/mol. The van der Waals surface area contributed by atoms with Gasteiger partial charge in [0.15, 0.2) is 11.6 Å². The zero-order chi connectivity index (χ0) is 29.7. The first-order chi connectivity index (χ1) is 19.5. The minimum absolute atomic E-state index is 0.0576. The molecule has 2 aromatic rings. The van der Waals surface area contributed by atoms with Crippen LogP contribution in [0.5, 0.6) is 5.75 Å². The van der Waals surface area contributed by atoms with Gasteiger partial charge in [-0.1, -0.05) is 24.3 Å². The van der Waals surface area contributed by atoms with Gasteiger partial charge < -0.3 is 19.5 Å². The molecule has 2 fully saturated rings. The van der Waals surface area contributed by atoms with Gasteiger partial charge in [0, 0.05) is 19.0 Å². The Balaban J connectivity index is 1.42.